The number of nitrogens with two attached hydrogens (primary N) is 1. The predicted octanol–water partition coefficient (Wildman–Crippen LogP) is 1.79. The van der Waals surface area contributed by atoms with E-state index in [4.69, 9.17) is 10.2 Å². The fourth-order valence-electron chi connectivity index (χ4n) is 1.72. The van der Waals surface area contributed by atoms with E-state index >= 15 is 0 Å². The molecule has 96 valence electrons. The summed E-state index contributed by atoms with van der Waals surface area (Å²) in [6.07, 6.45) is 3.57. The molecule has 1 saturated heterocycles. The van der Waals surface area contributed by atoms with Crippen LogP contribution >= 0.6 is 24.2 Å². The highest BCUT2D eigenvalue weighted by Gasteiger charge is 2.17. The first-order chi connectivity index (χ1) is 7.79. The first-order valence-electron chi connectivity index (χ1n) is 5.45. The molecule has 6 heteroatoms. The fourth-order valence-corrected chi connectivity index (χ4v) is 2.82. The molecule has 0 saturated carbocycles. The molecule has 1 amide bonds. The van der Waals surface area contributed by atoms with E-state index in [2.05, 4.69) is 5.32 Å². The summed E-state index contributed by atoms with van der Waals surface area (Å²) < 4.78 is 5.13. The number of hydrogen-bond acceptors (Lipinski definition) is 4. The van der Waals surface area contributed by atoms with Crippen LogP contribution in [0, 0.1) is 0 Å². The van der Waals surface area contributed by atoms with Gasteiger partial charge < -0.3 is 15.5 Å². The first kappa shape index (κ1) is 14.4. The number of furan rings is 1. The van der Waals surface area contributed by atoms with Gasteiger partial charge in [0.15, 0.2) is 0 Å². The van der Waals surface area contributed by atoms with Gasteiger partial charge in [0.25, 0.3) is 5.91 Å². The van der Waals surface area contributed by atoms with Gasteiger partial charge in [-0.3, -0.25) is 4.79 Å². The molecular weight excluding hydrogens is 260 g/mol. The summed E-state index contributed by atoms with van der Waals surface area (Å²) in [5, 5.41) is 3.02. The average molecular weight is 277 g/mol. The minimum atomic E-state index is -0.0552. The molecule has 1 aliphatic rings. The van der Waals surface area contributed by atoms with Gasteiger partial charge in [0, 0.05) is 6.04 Å². The second-order valence-electron chi connectivity index (χ2n) is 3.87. The van der Waals surface area contributed by atoms with Crippen LogP contribution in [-0.2, 0) is 6.54 Å². The Morgan fingerprint density at radius 2 is 2.24 bits per heavy atom. The highest BCUT2D eigenvalue weighted by atomic mass is 35.5. The van der Waals surface area contributed by atoms with Crippen LogP contribution in [0.15, 0.2) is 16.7 Å². The molecule has 0 spiro atoms. The van der Waals surface area contributed by atoms with Crippen molar-refractivity contribution in [1.29, 1.82) is 0 Å². The second-order valence-corrected chi connectivity index (χ2v) is 5.09. The molecule has 0 atom stereocenters. The van der Waals surface area contributed by atoms with Crippen molar-refractivity contribution in [3.8, 4) is 0 Å². The van der Waals surface area contributed by atoms with Crippen molar-refractivity contribution in [3.63, 3.8) is 0 Å². The van der Waals surface area contributed by atoms with E-state index in [0.29, 0.717) is 23.9 Å². The zero-order chi connectivity index (χ0) is 11.4. The molecule has 1 aliphatic heterocycles. The lowest BCUT2D eigenvalue weighted by atomic mass is 10.1. The van der Waals surface area contributed by atoms with Gasteiger partial charge in [-0.05, 0) is 30.4 Å². The smallest absolute Gasteiger partial charge is 0.254 e. The Morgan fingerprint density at radius 3 is 2.82 bits per heavy atom. The van der Waals surface area contributed by atoms with Crippen LogP contribution in [0.3, 0.4) is 0 Å². The van der Waals surface area contributed by atoms with Crippen LogP contribution in [0.5, 0.6) is 0 Å². The summed E-state index contributed by atoms with van der Waals surface area (Å²) in [4.78, 5) is 11.8. The third-order valence-electron chi connectivity index (χ3n) is 2.67. The van der Waals surface area contributed by atoms with E-state index in [1.54, 1.807) is 6.07 Å². The lowest BCUT2D eigenvalue weighted by molar-refractivity contribution is 0.0934. The van der Waals surface area contributed by atoms with Crippen molar-refractivity contribution >= 4 is 30.1 Å². The van der Waals surface area contributed by atoms with Gasteiger partial charge in [-0.2, -0.15) is 11.8 Å². The van der Waals surface area contributed by atoms with Crippen molar-refractivity contribution < 1.29 is 9.21 Å². The summed E-state index contributed by atoms with van der Waals surface area (Å²) >= 11 is 1.94. The normalized spacial score (nSPS) is 16.3. The van der Waals surface area contributed by atoms with Gasteiger partial charge >= 0.3 is 0 Å². The number of carbonyl (C=O) groups excluding carboxylic acids is 1. The number of thioether (sulfide) groups is 1. The Hall–Kier alpha value is -0.650. The Labute approximate surface area is 111 Å². The molecule has 0 aromatic carbocycles. The summed E-state index contributed by atoms with van der Waals surface area (Å²) in [6, 6.07) is 2.01. The molecule has 2 heterocycles. The molecule has 1 aromatic rings. The van der Waals surface area contributed by atoms with E-state index in [0.717, 1.165) is 24.3 Å². The van der Waals surface area contributed by atoms with E-state index in [-0.39, 0.29) is 18.3 Å². The van der Waals surface area contributed by atoms with Crippen LogP contribution in [-0.4, -0.2) is 23.5 Å². The van der Waals surface area contributed by atoms with Crippen LogP contribution in [0.25, 0.3) is 0 Å². The van der Waals surface area contributed by atoms with Gasteiger partial charge in [-0.1, -0.05) is 0 Å². The lowest BCUT2D eigenvalue weighted by Crippen LogP contribution is -2.37. The highest BCUT2D eigenvalue weighted by Crippen LogP contribution is 2.17. The molecule has 1 aromatic heterocycles. The van der Waals surface area contributed by atoms with Crippen molar-refractivity contribution in [2.45, 2.75) is 25.4 Å². The minimum Gasteiger partial charge on any atom is -0.467 e. The molecule has 0 bridgehead atoms. The quantitative estimate of drug-likeness (QED) is 0.883. The third-order valence-corrected chi connectivity index (χ3v) is 3.72. The molecule has 3 N–H and O–H groups in total. The largest absolute Gasteiger partial charge is 0.467 e. The average Bonchev–Trinajstić information content (AvgIpc) is 2.79. The zero-order valence-corrected chi connectivity index (χ0v) is 11.1. The van der Waals surface area contributed by atoms with E-state index < -0.39 is 0 Å². The van der Waals surface area contributed by atoms with E-state index in [1.165, 1.54) is 6.26 Å². The van der Waals surface area contributed by atoms with Gasteiger partial charge in [-0.25, -0.2) is 0 Å². The maximum atomic E-state index is 11.8. The van der Waals surface area contributed by atoms with Crippen molar-refractivity contribution in [2.24, 2.45) is 5.73 Å². The van der Waals surface area contributed by atoms with Crippen LogP contribution in [0.1, 0.15) is 29.0 Å². The first-order valence-corrected chi connectivity index (χ1v) is 6.61. The fraction of sp³-hybridized carbons (Fsp3) is 0.545. The Balaban J connectivity index is 0.00000144. The molecule has 0 unspecified atom stereocenters. The van der Waals surface area contributed by atoms with Gasteiger partial charge in [0.2, 0.25) is 0 Å². The Kier molecular flexibility index (Phi) is 5.88. The lowest BCUT2D eigenvalue weighted by Gasteiger charge is -2.22. The Morgan fingerprint density at radius 1 is 1.53 bits per heavy atom. The van der Waals surface area contributed by atoms with Gasteiger partial charge in [0.05, 0.1) is 12.1 Å². The summed E-state index contributed by atoms with van der Waals surface area (Å²) in [5.41, 5.74) is 5.99. The van der Waals surface area contributed by atoms with E-state index in [1.807, 2.05) is 11.8 Å². The standard InChI is InChI=1S/C11H16N2O2S.ClH/c12-6-10-5-8(7-15-10)11(14)13-9-1-3-16-4-2-9;/h5,7,9H,1-4,6,12H2,(H,13,14);1H. The number of carbonyl (C=O) groups is 1. The van der Waals surface area contributed by atoms with Crippen molar-refractivity contribution in [1.82, 2.24) is 5.32 Å². The number of halogens is 1. The monoisotopic (exact) mass is 276 g/mol. The SMILES string of the molecule is Cl.NCc1cc(C(=O)NC2CCSCC2)co1. The Bertz CT molecular complexity index is 364. The number of nitrogens with one attached hydrogen (secondary N) is 1. The zero-order valence-electron chi connectivity index (χ0n) is 9.48. The molecule has 0 radical (unpaired) electrons. The molecule has 2 rings (SSSR count). The van der Waals surface area contributed by atoms with Crippen molar-refractivity contribution in [3.05, 3.63) is 23.7 Å². The summed E-state index contributed by atoms with van der Waals surface area (Å²) in [7, 11) is 0. The number of rotatable bonds is 3. The van der Waals surface area contributed by atoms with Crippen LogP contribution in [0.2, 0.25) is 0 Å². The minimum absolute atomic E-state index is 0. The molecular formula is C11H17ClN2O2S. The van der Waals surface area contributed by atoms with Crippen LogP contribution < -0.4 is 11.1 Å². The van der Waals surface area contributed by atoms with E-state index in [9.17, 15) is 4.79 Å². The van der Waals surface area contributed by atoms with Crippen LogP contribution in [0.4, 0.5) is 0 Å². The van der Waals surface area contributed by atoms with Gasteiger partial charge in [0.1, 0.15) is 12.0 Å². The highest BCUT2D eigenvalue weighted by molar-refractivity contribution is 7.99. The van der Waals surface area contributed by atoms with Crippen molar-refractivity contribution in [2.75, 3.05) is 11.5 Å². The number of amides is 1. The predicted molar refractivity (Wildman–Crippen MR) is 71.7 cm³/mol. The molecule has 0 aliphatic carbocycles. The molecule has 1 fully saturated rings. The summed E-state index contributed by atoms with van der Waals surface area (Å²) in [6.45, 7) is 0.327. The second kappa shape index (κ2) is 6.93. The van der Waals surface area contributed by atoms with Gasteiger partial charge in [-0.15, -0.1) is 12.4 Å². The third kappa shape index (κ3) is 3.94. The molecule has 17 heavy (non-hydrogen) atoms. The summed E-state index contributed by atoms with van der Waals surface area (Å²) in [5.74, 6) is 2.85. The number of hydrogen-bond donors (Lipinski definition) is 2. The maximum absolute atomic E-state index is 11.8. The molecule has 4 nitrogen and oxygen atoms in total. The maximum Gasteiger partial charge on any atom is 0.254 e. The topological polar surface area (TPSA) is 68.3 Å².